The molecule has 76 valence electrons. The largest absolute Gasteiger partial charge is 0.497 e. The van der Waals surface area contributed by atoms with Crippen LogP contribution in [0, 0.1) is 0 Å². The van der Waals surface area contributed by atoms with Crippen LogP contribution in [-0.4, -0.2) is 19.2 Å². The molecule has 0 amide bonds. The van der Waals surface area contributed by atoms with Crippen LogP contribution in [0.1, 0.15) is 5.56 Å². The van der Waals surface area contributed by atoms with Gasteiger partial charge in [0, 0.05) is 18.1 Å². The second kappa shape index (κ2) is 4.81. The first-order valence-corrected chi connectivity index (χ1v) is 4.57. The van der Waals surface area contributed by atoms with E-state index < -0.39 is 0 Å². The molecular formula is C10H13NO2S. The van der Waals surface area contributed by atoms with Gasteiger partial charge in [0.1, 0.15) is 11.5 Å². The average Bonchev–Trinajstić information content (AvgIpc) is 2.17. The van der Waals surface area contributed by atoms with Crippen LogP contribution in [0.4, 0.5) is 0 Å². The summed E-state index contributed by atoms with van der Waals surface area (Å²) in [6.45, 7) is 0. The first-order valence-electron chi connectivity index (χ1n) is 4.16. The Labute approximate surface area is 88.8 Å². The number of methoxy groups -OCH3 is 2. The molecule has 2 N–H and O–H groups in total. The predicted molar refractivity (Wildman–Crippen MR) is 60.0 cm³/mol. The molecule has 0 aliphatic carbocycles. The van der Waals surface area contributed by atoms with Crippen LogP contribution >= 0.6 is 12.2 Å². The minimum atomic E-state index is 0.452. The first-order chi connectivity index (χ1) is 6.67. The molecule has 0 aliphatic heterocycles. The zero-order valence-corrected chi connectivity index (χ0v) is 9.06. The Morgan fingerprint density at radius 3 is 2.57 bits per heavy atom. The van der Waals surface area contributed by atoms with Crippen molar-refractivity contribution < 1.29 is 9.47 Å². The third kappa shape index (κ3) is 2.60. The van der Waals surface area contributed by atoms with Gasteiger partial charge >= 0.3 is 0 Å². The lowest BCUT2D eigenvalue weighted by Gasteiger charge is -2.09. The Morgan fingerprint density at radius 2 is 2.07 bits per heavy atom. The summed E-state index contributed by atoms with van der Waals surface area (Å²) in [4.78, 5) is 0.452. The van der Waals surface area contributed by atoms with Crippen LogP contribution in [0.25, 0.3) is 0 Å². The zero-order valence-electron chi connectivity index (χ0n) is 8.24. The molecule has 0 aliphatic rings. The fraction of sp³-hybridized carbons (Fsp3) is 0.300. The van der Waals surface area contributed by atoms with Crippen molar-refractivity contribution in [2.75, 3.05) is 14.2 Å². The summed E-state index contributed by atoms with van der Waals surface area (Å²) in [5.74, 6) is 1.51. The molecule has 1 aromatic rings. The van der Waals surface area contributed by atoms with Gasteiger partial charge in [-0.25, -0.2) is 0 Å². The molecule has 0 saturated heterocycles. The number of benzene rings is 1. The second-order valence-electron chi connectivity index (χ2n) is 2.82. The Bertz CT molecular complexity index is 339. The van der Waals surface area contributed by atoms with Crippen molar-refractivity contribution in [1.82, 2.24) is 0 Å². The van der Waals surface area contributed by atoms with E-state index in [0.29, 0.717) is 11.4 Å². The monoisotopic (exact) mass is 211 g/mol. The normalized spacial score (nSPS) is 9.57. The number of ether oxygens (including phenoxy) is 2. The minimum absolute atomic E-state index is 0.452. The average molecular weight is 211 g/mol. The molecule has 0 bridgehead atoms. The fourth-order valence-electron chi connectivity index (χ4n) is 1.19. The Balaban J connectivity index is 2.98. The standard InChI is InChI=1S/C10H13NO2S/c1-12-8-4-3-7(5-10(11)14)9(6-8)13-2/h3-4,6H,5H2,1-2H3,(H2,11,14). The van der Waals surface area contributed by atoms with Crippen molar-refractivity contribution in [1.29, 1.82) is 0 Å². The molecule has 3 nitrogen and oxygen atoms in total. The third-order valence-electron chi connectivity index (χ3n) is 1.86. The predicted octanol–water partition coefficient (Wildman–Crippen LogP) is 1.53. The van der Waals surface area contributed by atoms with E-state index >= 15 is 0 Å². The smallest absolute Gasteiger partial charge is 0.126 e. The molecule has 1 rings (SSSR count). The van der Waals surface area contributed by atoms with Gasteiger partial charge < -0.3 is 15.2 Å². The summed E-state index contributed by atoms with van der Waals surface area (Å²) in [7, 11) is 3.22. The maximum Gasteiger partial charge on any atom is 0.126 e. The van der Waals surface area contributed by atoms with Crippen LogP contribution in [0.2, 0.25) is 0 Å². The molecule has 4 heteroatoms. The Morgan fingerprint density at radius 1 is 1.36 bits per heavy atom. The maximum atomic E-state index is 5.46. The van der Waals surface area contributed by atoms with Gasteiger partial charge in [0.25, 0.3) is 0 Å². The molecule has 0 fully saturated rings. The van der Waals surface area contributed by atoms with Gasteiger partial charge in [-0.2, -0.15) is 0 Å². The summed E-state index contributed by atoms with van der Waals surface area (Å²) >= 11 is 4.84. The van der Waals surface area contributed by atoms with Gasteiger partial charge in [0.15, 0.2) is 0 Å². The highest BCUT2D eigenvalue weighted by Gasteiger charge is 2.05. The summed E-state index contributed by atoms with van der Waals surface area (Å²) in [6.07, 6.45) is 0.544. The minimum Gasteiger partial charge on any atom is -0.497 e. The van der Waals surface area contributed by atoms with E-state index in [4.69, 9.17) is 27.4 Å². The van der Waals surface area contributed by atoms with E-state index in [1.807, 2.05) is 18.2 Å². The van der Waals surface area contributed by atoms with E-state index in [-0.39, 0.29) is 0 Å². The van der Waals surface area contributed by atoms with Crippen LogP contribution < -0.4 is 15.2 Å². The molecule has 0 aromatic heterocycles. The quantitative estimate of drug-likeness (QED) is 0.767. The van der Waals surface area contributed by atoms with E-state index in [9.17, 15) is 0 Å². The summed E-state index contributed by atoms with van der Waals surface area (Å²) in [6, 6.07) is 5.57. The second-order valence-corrected chi connectivity index (χ2v) is 3.35. The van der Waals surface area contributed by atoms with Crippen molar-refractivity contribution in [2.45, 2.75) is 6.42 Å². The molecule has 14 heavy (non-hydrogen) atoms. The lowest BCUT2D eigenvalue weighted by Crippen LogP contribution is -2.11. The van der Waals surface area contributed by atoms with Crippen molar-refractivity contribution in [3.8, 4) is 11.5 Å². The lowest BCUT2D eigenvalue weighted by molar-refractivity contribution is 0.392. The van der Waals surface area contributed by atoms with Crippen molar-refractivity contribution in [2.24, 2.45) is 5.73 Å². The first kappa shape index (κ1) is 10.8. The summed E-state index contributed by atoms with van der Waals surface area (Å²) in [5, 5.41) is 0. The van der Waals surface area contributed by atoms with Crippen molar-refractivity contribution in [3.05, 3.63) is 23.8 Å². The molecule has 0 heterocycles. The SMILES string of the molecule is COc1ccc(CC(N)=S)c(OC)c1. The van der Waals surface area contributed by atoms with E-state index in [1.54, 1.807) is 14.2 Å². The summed E-state index contributed by atoms with van der Waals surface area (Å²) in [5.41, 5.74) is 6.44. The molecule has 0 atom stereocenters. The van der Waals surface area contributed by atoms with E-state index in [0.717, 1.165) is 17.1 Å². The van der Waals surface area contributed by atoms with Gasteiger partial charge in [-0.15, -0.1) is 0 Å². The van der Waals surface area contributed by atoms with E-state index in [1.165, 1.54) is 0 Å². The van der Waals surface area contributed by atoms with Crippen molar-refractivity contribution >= 4 is 17.2 Å². The highest BCUT2D eigenvalue weighted by molar-refractivity contribution is 7.80. The van der Waals surface area contributed by atoms with Crippen LogP contribution in [0.5, 0.6) is 11.5 Å². The Hall–Kier alpha value is -1.29. The number of hydrogen-bond donors (Lipinski definition) is 1. The number of rotatable bonds is 4. The number of nitrogens with two attached hydrogens (primary N) is 1. The van der Waals surface area contributed by atoms with E-state index in [2.05, 4.69) is 0 Å². The van der Waals surface area contributed by atoms with Crippen LogP contribution in [0.3, 0.4) is 0 Å². The highest BCUT2D eigenvalue weighted by Crippen LogP contribution is 2.24. The van der Waals surface area contributed by atoms with Gasteiger partial charge in [0.2, 0.25) is 0 Å². The fourth-order valence-corrected chi connectivity index (χ4v) is 1.34. The molecular weight excluding hydrogens is 198 g/mol. The molecule has 1 aromatic carbocycles. The summed E-state index contributed by atoms with van der Waals surface area (Å²) < 4.78 is 10.3. The van der Waals surface area contributed by atoms with Crippen molar-refractivity contribution in [3.63, 3.8) is 0 Å². The Kier molecular flexibility index (Phi) is 3.71. The molecule has 0 spiro atoms. The third-order valence-corrected chi connectivity index (χ3v) is 2.00. The molecule has 0 saturated carbocycles. The molecule has 0 unspecified atom stereocenters. The van der Waals surface area contributed by atoms with Crippen LogP contribution in [-0.2, 0) is 6.42 Å². The van der Waals surface area contributed by atoms with Gasteiger partial charge in [0.05, 0.1) is 19.2 Å². The number of hydrogen-bond acceptors (Lipinski definition) is 3. The van der Waals surface area contributed by atoms with Crippen LogP contribution in [0.15, 0.2) is 18.2 Å². The number of thiocarbonyl (C=S) groups is 1. The topological polar surface area (TPSA) is 44.5 Å². The lowest BCUT2D eigenvalue weighted by atomic mass is 10.1. The van der Waals surface area contributed by atoms with Gasteiger partial charge in [-0.3, -0.25) is 0 Å². The molecule has 0 radical (unpaired) electrons. The van der Waals surface area contributed by atoms with Gasteiger partial charge in [-0.1, -0.05) is 18.3 Å². The zero-order chi connectivity index (χ0) is 10.6. The maximum absolute atomic E-state index is 5.46. The highest BCUT2D eigenvalue weighted by atomic mass is 32.1. The van der Waals surface area contributed by atoms with Gasteiger partial charge in [-0.05, 0) is 6.07 Å².